The van der Waals surface area contributed by atoms with Crippen molar-refractivity contribution < 1.29 is 48.9 Å². The number of anilines is 1. The lowest BCUT2D eigenvalue weighted by Crippen LogP contribution is -2.71. The molecule has 6 amide bonds. The number of aliphatic imine (C=N–C) groups is 1. The molecule has 0 radical (unpaired) electrons. The van der Waals surface area contributed by atoms with E-state index in [0.717, 1.165) is 33.4 Å². The Balaban J connectivity index is 1.12. The van der Waals surface area contributed by atoms with E-state index in [-0.39, 0.29) is 33.6 Å². The summed E-state index contributed by atoms with van der Waals surface area (Å²) < 4.78 is 0. The van der Waals surface area contributed by atoms with Crippen molar-refractivity contribution in [2.75, 3.05) is 17.2 Å². The van der Waals surface area contributed by atoms with Crippen LogP contribution < -0.4 is 33.2 Å². The van der Waals surface area contributed by atoms with Crippen LogP contribution >= 0.6 is 34.9 Å². The summed E-state index contributed by atoms with van der Waals surface area (Å²) in [7, 11) is 0. The number of nitrogen functional groups attached to an aromatic ring is 1. The minimum atomic E-state index is -1.82. The minimum Gasteiger partial charge on any atom is -0.504 e. The molecule has 0 saturated carbocycles. The Hall–Kier alpha value is -6.31. The summed E-state index contributed by atoms with van der Waals surface area (Å²) in [6.45, 7) is 4.32. The summed E-state index contributed by atoms with van der Waals surface area (Å²) in [5.41, 5.74) is 16.7. The Morgan fingerprint density at radius 3 is 2.59 bits per heavy atom. The average Bonchev–Trinajstić information content (AvgIpc) is 3.78. The highest BCUT2D eigenvalue weighted by molar-refractivity contribution is 8.03. The number of oxime groups is 1. The molecule has 25 heteroatoms. The number of allylic oxidation sites excluding steroid dienone is 1. The molecule has 0 spiro atoms. The Kier molecular flexibility index (Phi) is 10.9. The number of thiazole rings is 1. The van der Waals surface area contributed by atoms with Crippen molar-refractivity contribution in [3.63, 3.8) is 0 Å². The van der Waals surface area contributed by atoms with Gasteiger partial charge < -0.3 is 36.9 Å². The van der Waals surface area contributed by atoms with Gasteiger partial charge in [0.1, 0.15) is 22.8 Å². The number of thioether (sulfide) groups is 2. The van der Waals surface area contributed by atoms with Crippen molar-refractivity contribution in [3.8, 4) is 11.5 Å². The van der Waals surface area contributed by atoms with Gasteiger partial charge in [-0.05, 0) is 50.6 Å². The molecule has 1 aromatic carbocycles. The van der Waals surface area contributed by atoms with Crippen molar-refractivity contribution >= 4 is 87.0 Å². The molecule has 0 unspecified atom stereocenters. The van der Waals surface area contributed by atoms with Crippen LogP contribution in [0.15, 0.2) is 68.1 Å². The summed E-state index contributed by atoms with van der Waals surface area (Å²) in [5, 5.41) is 39.6. The SMILES string of the molecule is CC1=NC2=CN(C(N)=O)NN2C(SCC2=C(C(=O)O)N3C(=O)[C@@H](NC(=O)C(=NOC(C)(C)C(=O)NNC(=O)c4ccc(O)c(O)c4)c4csc(N)n4)[C@H]3SC2)=C1. The van der Waals surface area contributed by atoms with Gasteiger partial charge >= 0.3 is 12.0 Å². The first-order valence-electron chi connectivity index (χ1n) is 16.0. The molecule has 4 aliphatic rings. The number of hydrogen-bond donors (Lipinski definition) is 9. The number of carboxylic acid groups (broad SMARTS) is 1. The van der Waals surface area contributed by atoms with Gasteiger partial charge in [0.15, 0.2) is 28.2 Å². The van der Waals surface area contributed by atoms with Crippen molar-refractivity contribution in [2.45, 2.75) is 37.8 Å². The van der Waals surface area contributed by atoms with E-state index in [1.807, 2.05) is 0 Å². The molecule has 1 fully saturated rings. The summed E-state index contributed by atoms with van der Waals surface area (Å²) in [4.78, 5) is 91.7. The van der Waals surface area contributed by atoms with Gasteiger partial charge in [0.05, 0.1) is 11.2 Å². The lowest BCUT2D eigenvalue weighted by atomic mass is 10.0. The number of aromatic nitrogens is 1. The minimum absolute atomic E-state index is 0.0475. The van der Waals surface area contributed by atoms with Gasteiger partial charge in [0, 0.05) is 28.2 Å². The number of rotatable bonds is 11. The number of primary amides is 1. The fourth-order valence-electron chi connectivity index (χ4n) is 5.25. The molecule has 56 heavy (non-hydrogen) atoms. The maximum Gasteiger partial charge on any atom is 0.352 e. The Bertz CT molecular complexity index is 2220. The van der Waals surface area contributed by atoms with Gasteiger partial charge in [-0.2, -0.15) is 0 Å². The second-order valence-corrected chi connectivity index (χ2v) is 15.5. The number of carbonyl (C=O) groups excluding carboxylic acids is 5. The van der Waals surface area contributed by atoms with Crippen molar-refractivity contribution in [3.05, 3.63) is 69.2 Å². The Morgan fingerprint density at radius 1 is 1.18 bits per heavy atom. The molecular formula is C31H32N12O10S3. The molecule has 6 rings (SSSR count). The molecule has 294 valence electrons. The predicted octanol–water partition coefficient (Wildman–Crippen LogP) is -0.200. The molecule has 2 aromatic rings. The maximum absolute atomic E-state index is 13.7. The smallest absolute Gasteiger partial charge is 0.352 e. The number of aliphatic carboxylic acids is 1. The normalized spacial score (nSPS) is 19.2. The summed E-state index contributed by atoms with van der Waals surface area (Å²) in [5.74, 6) is -4.99. The lowest BCUT2D eigenvalue weighted by molar-refractivity contribution is -0.150. The number of aromatic hydroxyl groups is 2. The van der Waals surface area contributed by atoms with Crippen LogP contribution in [-0.2, 0) is 24.0 Å². The fourth-order valence-corrected chi connectivity index (χ4v) is 8.35. The number of carbonyl (C=O) groups is 6. The molecule has 1 saturated heterocycles. The third-order valence-electron chi connectivity index (χ3n) is 8.11. The topological polar surface area (TPSA) is 320 Å². The molecule has 0 aliphatic carbocycles. The van der Waals surface area contributed by atoms with Gasteiger partial charge in [0.2, 0.25) is 5.60 Å². The number of fused-ring (bicyclic) bond motifs is 2. The van der Waals surface area contributed by atoms with Crippen LogP contribution in [-0.4, -0.2) is 111 Å². The zero-order chi connectivity index (χ0) is 40.6. The third-order valence-corrected chi connectivity index (χ3v) is 11.2. The van der Waals surface area contributed by atoms with E-state index < -0.39 is 69.9 Å². The van der Waals surface area contributed by atoms with Crippen LogP contribution in [0.2, 0.25) is 0 Å². The highest BCUT2D eigenvalue weighted by Gasteiger charge is 2.54. The van der Waals surface area contributed by atoms with Crippen molar-refractivity contribution in [1.82, 2.24) is 41.6 Å². The van der Waals surface area contributed by atoms with Gasteiger partial charge in [-0.3, -0.25) is 34.9 Å². The highest BCUT2D eigenvalue weighted by atomic mass is 32.2. The number of phenols is 2. The van der Waals surface area contributed by atoms with Crippen LogP contribution in [0.5, 0.6) is 11.5 Å². The van der Waals surface area contributed by atoms with Crippen LogP contribution in [0.25, 0.3) is 0 Å². The van der Waals surface area contributed by atoms with Gasteiger partial charge in [-0.15, -0.1) is 40.4 Å². The number of nitrogens with zero attached hydrogens (tertiary/aromatic N) is 6. The number of hydrogen-bond acceptors (Lipinski definition) is 18. The Morgan fingerprint density at radius 2 is 1.93 bits per heavy atom. The van der Waals surface area contributed by atoms with E-state index >= 15 is 0 Å². The molecule has 0 bridgehead atoms. The van der Waals surface area contributed by atoms with Gasteiger partial charge in [0.25, 0.3) is 23.6 Å². The van der Waals surface area contributed by atoms with E-state index in [1.54, 1.807) is 13.0 Å². The van der Waals surface area contributed by atoms with E-state index in [1.165, 1.54) is 60.0 Å². The summed E-state index contributed by atoms with van der Waals surface area (Å²) in [6, 6.07) is 1.33. The molecule has 2 atom stereocenters. The second kappa shape index (κ2) is 15.4. The van der Waals surface area contributed by atoms with Crippen molar-refractivity contribution in [1.29, 1.82) is 0 Å². The van der Waals surface area contributed by atoms with E-state index in [9.17, 15) is 44.1 Å². The molecule has 4 aliphatic heterocycles. The maximum atomic E-state index is 13.7. The highest BCUT2D eigenvalue weighted by Crippen LogP contribution is 2.42. The number of carboxylic acids is 1. The van der Waals surface area contributed by atoms with Crippen LogP contribution in [0, 0.1) is 0 Å². The number of amides is 6. The number of phenolic OH excluding ortho intramolecular Hbond substituents is 2. The second-order valence-electron chi connectivity index (χ2n) is 12.5. The quantitative estimate of drug-likeness (QED) is 0.0613. The largest absolute Gasteiger partial charge is 0.504 e. The first kappa shape index (κ1) is 39.4. The molecule has 11 N–H and O–H groups in total. The molecule has 5 heterocycles. The van der Waals surface area contributed by atoms with E-state index in [2.05, 4.69) is 36.8 Å². The van der Waals surface area contributed by atoms with E-state index in [4.69, 9.17) is 16.3 Å². The van der Waals surface area contributed by atoms with Gasteiger partial charge in [-0.1, -0.05) is 5.16 Å². The lowest BCUT2D eigenvalue weighted by Gasteiger charge is -2.49. The molecular weight excluding hydrogens is 797 g/mol. The first-order valence-corrected chi connectivity index (χ1v) is 18.9. The first-order chi connectivity index (χ1) is 26.4. The monoisotopic (exact) mass is 828 g/mol. The summed E-state index contributed by atoms with van der Waals surface area (Å²) in [6.07, 6.45) is 3.15. The number of hydrazine groups is 3. The molecule has 1 aromatic heterocycles. The number of benzene rings is 1. The third kappa shape index (κ3) is 7.90. The van der Waals surface area contributed by atoms with Crippen molar-refractivity contribution in [2.24, 2.45) is 15.9 Å². The summed E-state index contributed by atoms with van der Waals surface area (Å²) >= 11 is 3.45. The van der Waals surface area contributed by atoms with Crippen LogP contribution in [0.4, 0.5) is 9.93 Å². The molecule has 22 nitrogen and oxygen atoms in total. The average molecular weight is 829 g/mol. The number of β-lactam (4-membered cyclic amide) rings is 1. The number of nitrogens with one attached hydrogen (secondary N) is 4. The van der Waals surface area contributed by atoms with Crippen LogP contribution in [0.1, 0.15) is 36.8 Å². The van der Waals surface area contributed by atoms with Gasteiger partial charge in [-0.25, -0.2) is 29.6 Å². The van der Waals surface area contributed by atoms with Crippen LogP contribution in [0.3, 0.4) is 0 Å². The predicted molar refractivity (Wildman–Crippen MR) is 201 cm³/mol. The number of urea groups is 1. The standard InChI is InChI=1S/C31H32N12O10S3/c1-12-6-19(43-18(34-12)8-41(40-43)30(33)52)54-9-14-10-55-26-21(25(48)42(26)22(14)27(49)50)36-24(47)20(15-11-56-29(32)35-15)39-53-31(2,3)28(51)38-37-23(46)13-4-5-16(44)17(45)7-13/h4-8,11,21,26,40,44-45H,9-10H2,1-3H3,(H2,32,35)(H2,33,52)(H,36,47)(H,37,46)(H,38,51)(H,49,50)/t21-,26-/m1/s1. The zero-order valence-corrected chi connectivity index (χ0v) is 31.7. The fraction of sp³-hybridized carbons (Fsp3) is 0.258. The zero-order valence-electron chi connectivity index (χ0n) is 29.3. The van der Waals surface area contributed by atoms with E-state index in [0.29, 0.717) is 22.1 Å². The number of nitrogens with two attached hydrogens (primary N) is 2. The Labute approximate surface area is 328 Å².